The van der Waals surface area contributed by atoms with E-state index in [1.165, 1.54) is 49.2 Å². The number of fused-ring (bicyclic) bond motifs is 2. The molecule has 0 saturated heterocycles. The molecule has 0 spiro atoms. The molecule has 24 heteroatoms. The van der Waals surface area contributed by atoms with Crippen LogP contribution in [-0.4, -0.2) is 77.5 Å². The van der Waals surface area contributed by atoms with Crippen LogP contribution in [0.2, 0.25) is 0 Å². The molecule has 0 fully saturated rings. The van der Waals surface area contributed by atoms with Crippen molar-refractivity contribution in [1.29, 1.82) is 0 Å². The Hall–Kier alpha value is -6.53. The van der Waals surface area contributed by atoms with Gasteiger partial charge in [0.2, 0.25) is 10.0 Å². The molecule has 4 aromatic heterocycles. The molecular weight excluding hydrogens is 857 g/mol. The molecule has 1 N–H and O–H groups in total. The van der Waals surface area contributed by atoms with Crippen molar-refractivity contribution in [2.75, 3.05) is 9.97 Å². The highest BCUT2D eigenvalue weighted by Gasteiger charge is 2.53. The van der Waals surface area contributed by atoms with Gasteiger partial charge >= 0.3 is 31.2 Å². The molecule has 15 nitrogen and oxygen atoms in total. The number of anilines is 1. The van der Waals surface area contributed by atoms with E-state index in [4.69, 9.17) is 0 Å². The second-order valence-corrected chi connectivity index (χ2v) is 17.0. The first kappa shape index (κ1) is 43.6. The Balaban J connectivity index is 0.000000172. The van der Waals surface area contributed by atoms with Gasteiger partial charge in [-0.15, -0.1) is 0 Å². The SMILES string of the molecule is CS(=O)(=O)N(c1ccccc1)S(=O)(=O)C(F)(F)F.O=S(=O)(Oc1cc(-c2ccncc2)cc2cncnc12)C(F)(F)F.Oc1cc(-c2ccncc2)cc2cncnc12. The number of sulfonamides is 2. The van der Waals surface area contributed by atoms with E-state index in [1.54, 1.807) is 42.9 Å². The fourth-order valence-corrected chi connectivity index (χ4v) is 8.19. The molecule has 0 unspecified atom stereocenters. The van der Waals surface area contributed by atoms with Gasteiger partial charge in [0.15, 0.2) is 5.75 Å². The van der Waals surface area contributed by atoms with E-state index in [1.807, 2.05) is 18.2 Å². The lowest BCUT2D eigenvalue weighted by atomic mass is 10.0. The molecule has 7 rings (SSSR count). The maximum atomic E-state index is 12.6. The number of phenolic OH excluding ortho intramolecular Hbond substituents is 1. The minimum absolute atomic E-state index is 0.0457. The molecule has 0 radical (unpaired) electrons. The Bertz CT molecular complexity index is 2920. The summed E-state index contributed by atoms with van der Waals surface area (Å²) in [6.45, 7) is 0. The number of aromatic hydroxyl groups is 1. The van der Waals surface area contributed by atoms with E-state index in [2.05, 4.69) is 34.1 Å². The summed E-state index contributed by atoms with van der Waals surface area (Å²) in [5, 5.41) is 11.1. The quantitative estimate of drug-likeness (QED) is 0.101. The fourth-order valence-electron chi connectivity index (χ4n) is 4.96. The monoisotopic (exact) mass is 881 g/mol. The Kier molecular flexibility index (Phi) is 12.7. The predicted molar refractivity (Wildman–Crippen MR) is 202 cm³/mol. The first-order valence-corrected chi connectivity index (χ1v) is 20.6. The van der Waals surface area contributed by atoms with Gasteiger partial charge in [-0.3, -0.25) is 9.97 Å². The molecule has 3 aromatic carbocycles. The first-order chi connectivity index (χ1) is 27.6. The van der Waals surface area contributed by atoms with Gasteiger partial charge in [-0.2, -0.15) is 46.9 Å². The predicted octanol–water partition coefficient (Wildman–Crippen LogP) is 6.62. The highest BCUT2D eigenvalue weighted by molar-refractivity contribution is 8.10. The first-order valence-electron chi connectivity index (χ1n) is 15.9. The second kappa shape index (κ2) is 17.1. The summed E-state index contributed by atoms with van der Waals surface area (Å²) in [4.78, 5) is 23.4. The lowest BCUT2D eigenvalue weighted by Gasteiger charge is -2.22. The summed E-state index contributed by atoms with van der Waals surface area (Å²) in [5.74, 6) is -0.365. The number of benzene rings is 3. The van der Waals surface area contributed by atoms with Gasteiger partial charge in [0.1, 0.15) is 29.4 Å². The Labute approximate surface area is 330 Å². The average Bonchev–Trinajstić information content (AvgIpc) is 3.18. The van der Waals surface area contributed by atoms with Crippen LogP contribution >= 0.6 is 0 Å². The summed E-state index contributed by atoms with van der Waals surface area (Å²) >= 11 is 0. The molecule has 4 heterocycles. The van der Waals surface area contributed by atoms with Gasteiger partial charge in [-0.25, -0.2) is 28.4 Å². The van der Waals surface area contributed by atoms with Crippen molar-refractivity contribution in [3.8, 4) is 33.8 Å². The maximum Gasteiger partial charge on any atom is 0.534 e. The molecular formula is C35H25F6N7O8S3. The summed E-state index contributed by atoms with van der Waals surface area (Å²) in [7, 11) is -16.5. The highest BCUT2D eigenvalue weighted by Crippen LogP contribution is 2.35. The third kappa shape index (κ3) is 10.3. The Morgan fingerprint density at radius 3 is 1.54 bits per heavy atom. The Morgan fingerprint density at radius 2 is 1.07 bits per heavy atom. The van der Waals surface area contributed by atoms with Crippen molar-refractivity contribution in [1.82, 2.24) is 29.9 Å². The van der Waals surface area contributed by atoms with Crippen LogP contribution in [0.15, 0.2) is 129 Å². The molecule has 0 aliphatic carbocycles. The van der Waals surface area contributed by atoms with Crippen LogP contribution in [0, 0.1) is 0 Å². The standard InChI is InChI=1S/C14H8F3N3O3S.C13H9N3O.C8H8F3NO4S2/c15-14(16,17)24(21,22)23-12-6-10(9-1-3-18-4-2-9)5-11-7-19-8-20-13(11)12;17-12-6-10(9-1-3-14-4-2-9)5-11-7-15-8-16-13(11)12;1-17(13,14)12(7-5-3-2-4-6-7)18(15,16)8(9,10)11/h1-8H;1-8,17H;2-6H,1H3. The Morgan fingerprint density at radius 1 is 0.593 bits per heavy atom. The summed E-state index contributed by atoms with van der Waals surface area (Å²) in [6, 6.07) is 19.2. The summed E-state index contributed by atoms with van der Waals surface area (Å²) < 4.78 is 146. The van der Waals surface area contributed by atoms with Gasteiger partial charge in [-0.1, -0.05) is 18.2 Å². The number of hydrogen-bond donors (Lipinski definition) is 1. The zero-order valence-corrected chi connectivity index (χ0v) is 32.0. The van der Waals surface area contributed by atoms with E-state index in [-0.39, 0.29) is 11.3 Å². The van der Waals surface area contributed by atoms with Gasteiger partial charge in [-0.05, 0) is 82.9 Å². The molecule has 0 atom stereocenters. The maximum absolute atomic E-state index is 12.6. The molecule has 0 amide bonds. The van der Waals surface area contributed by atoms with Crippen molar-refractivity contribution < 1.29 is 60.9 Å². The second-order valence-electron chi connectivity index (χ2n) is 11.6. The van der Waals surface area contributed by atoms with E-state index in [9.17, 15) is 56.7 Å². The van der Waals surface area contributed by atoms with E-state index in [0.29, 0.717) is 28.3 Å². The molecule has 0 bridgehead atoms. The summed E-state index contributed by atoms with van der Waals surface area (Å²) in [5.41, 5.74) is -8.35. The van der Waals surface area contributed by atoms with Gasteiger partial charge in [0, 0.05) is 48.0 Å². The number of halogens is 6. The third-order valence-corrected chi connectivity index (χ3v) is 11.9. The van der Waals surface area contributed by atoms with Crippen molar-refractivity contribution in [2.45, 2.75) is 11.0 Å². The van der Waals surface area contributed by atoms with Crippen molar-refractivity contribution in [2.24, 2.45) is 0 Å². The van der Waals surface area contributed by atoms with E-state index < -0.39 is 56.3 Å². The third-order valence-electron chi connectivity index (χ3n) is 7.45. The number of hydrogen-bond acceptors (Lipinski definition) is 14. The van der Waals surface area contributed by atoms with Gasteiger partial charge in [0.05, 0.1) is 11.9 Å². The van der Waals surface area contributed by atoms with E-state index >= 15 is 0 Å². The average molecular weight is 882 g/mol. The van der Waals surface area contributed by atoms with Crippen LogP contribution in [0.25, 0.3) is 44.1 Å². The van der Waals surface area contributed by atoms with Gasteiger partial charge < -0.3 is 9.29 Å². The van der Waals surface area contributed by atoms with E-state index in [0.717, 1.165) is 35.0 Å². The zero-order valence-electron chi connectivity index (χ0n) is 29.6. The molecule has 59 heavy (non-hydrogen) atoms. The van der Waals surface area contributed by atoms with Crippen LogP contribution in [0.5, 0.6) is 11.5 Å². The largest absolute Gasteiger partial charge is 0.534 e. The molecule has 0 aliphatic heterocycles. The van der Waals surface area contributed by atoms with Crippen molar-refractivity contribution in [3.05, 3.63) is 129 Å². The summed E-state index contributed by atoms with van der Waals surface area (Å²) in [6.07, 6.45) is 12.4. The molecule has 7 aromatic rings. The number of aromatic nitrogens is 6. The highest BCUT2D eigenvalue weighted by atomic mass is 32.3. The number of phenols is 1. The van der Waals surface area contributed by atoms with Crippen LogP contribution < -0.4 is 7.89 Å². The minimum atomic E-state index is -6.00. The zero-order chi connectivity index (χ0) is 43.2. The topological polar surface area (TPSA) is 212 Å². The lowest BCUT2D eigenvalue weighted by molar-refractivity contribution is -0.0500. The smallest absolute Gasteiger partial charge is 0.506 e. The van der Waals surface area contributed by atoms with Crippen LogP contribution in [0.3, 0.4) is 0 Å². The van der Waals surface area contributed by atoms with Crippen molar-refractivity contribution in [3.63, 3.8) is 0 Å². The van der Waals surface area contributed by atoms with Crippen LogP contribution in [-0.2, 0) is 30.2 Å². The lowest BCUT2D eigenvalue weighted by Crippen LogP contribution is -2.44. The van der Waals surface area contributed by atoms with Crippen LogP contribution in [0.4, 0.5) is 32.0 Å². The molecule has 308 valence electrons. The van der Waals surface area contributed by atoms with Crippen LogP contribution in [0.1, 0.15) is 0 Å². The normalized spacial score (nSPS) is 12.1. The minimum Gasteiger partial charge on any atom is -0.506 e. The van der Waals surface area contributed by atoms with Crippen molar-refractivity contribution >= 4 is 57.7 Å². The molecule has 0 saturated carbocycles. The fraction of sp³-hybridized carbons (Fsp3) is 0.0857. The number of para-hydroxylation sites is 1. The number of alkyl halides is 6. The number of nitrogens with zero attached hydrogens (tertiary/aromatic N) is 7. The number of rotatable bonds is 7. The van der Waals surface area contributed by atoms with Gasteiger partial charge in [0.25, 0.3) is 0 Å². The number of pyridine rings is 2. The molecule has 0 aliphatic rings.